The van der Waals surface area contributed by atoms with E-state index >= 15 is 0 Å². The maximum Gasteiger partial charge on any atom is 0.322 e. The maximum atomic E-state index is 11.7. The molecule has 0 aliphatic heterocycles. The maximum absolute atomic E-state index is 11.7. The Morgan fingerprint density at radius 2 is 1.84 bits per heavy atom. The summed E-state index contributed by atoms with van der Waals surface area (Å²) in [6.45, 7) is 4.25. The lowest BCUT2D eigenvalue weighted by atomic mass is 9.79. The lowest BCUT2D eigenvalue weighted by molar-refractivity contribution is -0.138. The number of carboxylic acid groups (broad SMARTS) is 1. The molecule has 1 amide bonds. The van der Waals surface area contributed by atoms with Gasteiger partial charge < -0.3 is 10.4 Å². The second-order valence-corrected chi connectivity index (χ2v) is 6.15. The number of hydrogen-bond acceptors (Lipinski definition) is 2. The summed E-state index contributed by atoms with van der Waals surface area (Å²) in [6.07, 6.45) is 7.92. The van der Waals surface area contributed by atoms with Crippen molar-refractivity contribution in [3.8, 4) is 0 Å². The first-order valence-corrected chi connectivity index (χ1v) is 7.48. The number of hydrogen-bond donors (Lipinski definition) is 2. The molecule has 1 aliphatic carbocycles. The third kappa shape index (κ3) is 6.60. The van der Waals surface area contributed by atoms with Gasteiger partial charge in [-0.25, -0.2) is 0 Å². The molecule has 4 nitrogen and oxygen atoms in total. The predicted octanol–water partition coefficient (Wildman–Crippen LogP) is 2.82. The van der Waals surface area contributed by atoms with Gasteiger partial charge in [0.05, 0.1) is 0 Å². The summed E-state index contributed by atoms with van der Waals surface area (Å²) in [4.78, 5) is 22.1. The molecular formula is C15H27NO3. The van der Waals surface area contributed by atoms with Gasteiger partial charge in [-0.15, -0.1) is 0 Å². The highest BCUT2D eigenvalue weighted by Crippen LogP contribution is 2.32. The zero-order valence-corrected chi connectivity index (χ0v) is 12.2. The molecule has 0 atom stereocenters. The van der Waals surface area contributed by atoms with Gasteiger partial charge in [0, 0.05) is 5.92 Å². The molecule has 0 saturated heterocycles. The topological polar surface area (TPSA) is 66.4 Å². The largest absolute Gasteiger partial charge is 0.480 e. The summed E-state index contributed by atoms with van der Waals surface area (Å²) in [6, 6.07) is 0. The first-order chi connectivity index (χ1) is 8.99. The van der Waals surface area contributed by atoms with Crippen molar-refractivity contribution in [1.82, 2.24) is 5.32 Å². The van der Waals surface area contributed by atoms with Crippen LogP contribution in [0.1, 0.15) is 58.8 Å². The molecule has 4 heteroatoms. The molecule has 2 N–H and O–H groups in total. The van der Waals surface area contributed by atoms with E-state index in [0.717, 1.165) is 37.5 Å². The van der Waals surface area contributed by atoms with E-state index in [4.69, 9.17) is 5.11 Å². The number of carbonyl (C=O) groups is 2. The van der Waals surface area contributed by atoms with E-state index in [1.807, 2.05) is 0 Å². The third-order valence-corrected chi connectivity index (χ3v) is 4.03. The Morgan fingerprint density at radius 3 is 2.37 bits per heavy atom. The van der Waals surface area contributed by atoms with E-state index in [-0.39, 0.29) is 18.4 Å². The highest BCUT2D eigenvalue weighted by Gasteiger charge is 2.26. The molecule has 0 radical (unpaired) electrons. The first-order valence-electron chi connectivity index (χ1n) is 7.48. The minimum Gasteiger partial charge on any atom is -0.480 e. The molecule has 110 valence electrons. The van der Waals surface area contributed by atoms with Gasteiger partial charge in [0.1, 0.15) is 6.54 Å². The number of carbonyl (C=O) groups excluding carboxylic acids is 1. The van der Waals surface area contributed by atoms with Crippen LogP contribution in [-0.2, 0) is 9.59 Å². The van der Waals surface area contributed by atoms with E-state index in [2.05, 4.69) is 19.2 Å². The minimum atomic E-state index is -0.976. The van der Waals surface area contributed by atoms with Crippen LogP contribution in [0.25, 0.3) is 0 Å². The molecule has 1 saturated carbocycles. The van der Waals surface area contributed by atoms with E-state index in [1.54, 1.807) is 0 Å². The summed E-state index contributed by atoms with van der Waals surface area (Å²) in [5.41, 5.74) is 0. The Hall–Kier alpha value is -1.06. The molecule has 0 unspecified atom stereocenters. The Balaban J connectivity index is 2.17. The smallest absolute Gasteiger partial charge is 0.322 e. The summed E-state index contributed by atoms with van der Waals surface area (Å²) in [5.74, 6) is 0.514. The molecule has 0 aromatic rings. The van der Waals surface area contributed by atoms with Crippen molar-refractivity contribution in [3.05, 3.63) is 0 Å². The molecule has 0 bridgehead atoms. The van der Waals surface area contributed by atoms with Gasteiger partial charge in [0.25, 0.3) is 0 Å². The Kier molecular flexibility index (Phi) is 6.89. The van der Waals surface area contributed by atoms with Crippen LogP contribution in [0.5, 0.6) is 0 Å². The van der Waals surface area contributed by atoms with Gasteiger partial charge in [-0.2, -0.15) is 0 Å². The number of nitrogens with one attached hydrogen (secondary N) is 1. The fraction of sp³-hybridized carbons (Fsp3) is 0.867. The quantitative estimate of drug-likeness (QED) is 0.747. The Morgan fingerprint density at radius 1 is 1.21 bits per heavy atom. The summed E-state index contributed by atoms with van der Waals surface area (Å²) < 4.78 is 0. The van der Waals surface area contributed by atoms with E-state index < -0.39 is 5.97 Å². The van der Waals surface area contributed by atoms with Gasteiger partial charge in [0.15, 0.2) is 0 Å². The SMILES string of the molecule is CC(C)CCCC1CCC(C(=O)NCC(=O)O)CC1. The van der Waals surface area contributed by atoms with E-state index in [0.29, 0.717) is 0 Å². The van der Waals surface area contributed by atoms with Crippen molar-refractivity contribution in [2.75, 3.05) is 6.54 Å². The highest BCUT2D eigenvalue weighted by atomic mass is 16.4. The van der Waals surface area contributed by atoms with Crippen LogP contribution in [-0.4, -0.2) is 23.5 Å². The third-order valence-electron chi connectivity index (χ3n) is 4.03. The van der Waals surface area contributed by atoms with Gasteiger partial charge in [0.2, 0.25) is 5.91 Å². The molecule has 0 spiro atoms. The van der Waals surface area contributed by atoms with Crippen LogP contribution in [0, 0.1) is 17.8 Å². The lowest BCUT2D eigenvalue weighted by Gasteiger charge is -2.27. The lowest BCUT2D eigenvalue weighted by Crippen LogP contribution is -2.36. The van der Waals surface area contributed by atoms with Crippen LogP contribution >= 0.6 is 0 Å². The number of carboxylic acids is 1. The predicted molar refractivity (Wildman–Crippen MR) is 74.8 cm³/mol. The fourth-order valence-electron chi connectivity index (χ4n) is 2.84. The molecule has 0 heterocycles. The zero-order valence-electron chi connectivity index (χ0n) is 12.2. The number of amides is 1. The molecule has 1 fully saturated rings. The Labute approximate surface area is 116 Å². The first kappa shape index (κ1) is 16.0. The monoisotopic (exact) mass is 269 g/mol. The van der Waals surface area contributed by atoms with Crippen molar-refractivity contribution in [1.29, 1.82) is 0 Å². The van der Waals surface area contributed by atoms with Crippen LogP contribution in [0.15, 0.2) is 0 Å². The Bertz CT molecular complexity index is 294. The fourth-order valence-corrected chi connectivity index (χ4v) is 2.84. The molecular weight excluding hydrogens is 242 g/mol. The van der Waals surface area contributed by atoms with Gasteiger partial charge in [-0.3, -0.25) is 9.59 Å². The van der Waals surface area contributed by atoms with Gasteiger partial charge in [-0.05, 0) is 37.5 Å². The molecule has 0 aromatic heterocycles. The van der Waals surface area contributed by atoms with Gasteiger partial charge in [-0.1, -0.05) is 33.1 Å². The zero-order chi connectivity index (χ0) is 14.3. The second-order valence-electron chi connectivity index (χ2n) is 6.15. The standard InChI is InChI=1S/C15H27NO3/c1-11(2)4-3-5-12-6-8-13(9-7-12)15(19)16-10-14(17)18/h11-13H,3-10H2,1-2H3,(H,16,19)(H,17,18). The summed E-state index contributed by atoms with van der Waals surface area (Å²) >= 11 is 0. The van der Waals surface area contributed by atoms with Gasteiger partial charge >= 0.3 is 5.97 Å². The van der Waals surface area contributed by atoms with Crippen LogP contribution < -0.4 is 5.32 Å². The average molecular weight is 269 g/mol. The van der Waals surface area contributed by atoms with Crippen molar-refractivity contribution in [2.24, 2.45) is 17.8 Å². The van der Waals surface area contributed by atoms with E-state index in [9.17, 15) is 9.59 Å². The molecule has 19 heavy (non-hydrogen) atoms. The molecule has 1 aliphatic rings. The van der Waals surface area contributed by atoms with Crippen LogP contribution in [0.3, 0.4) is 0 Å². The molecule has 1 rings (SSSR count). The summed E-state index contributed by atoms with van der Waals surface area (Å²) in [7, 11) is 0. The normalized spacial score (nSPS) is 23.3. The minimum absolute atomic E-state index is 0.0284. The van der Waals surface area contributed by atoms with E-state index in [1.165, 1.54) is 19.3 Å². The van der Waals surface area contributed by atoms with Crippen molar-refractivity contribution in [2.45, 2.75) is 58.8 Å². The van der Waals surface area contributed by atoms with Crippen molar-refractivity contribution in [3.63, 3.8) is 0 Å². The number of rotatable bonds is 7. The average Bonchev–Trinajstić information content (AvgIpc) is 2.36. The summed E-state index contributed by atoms with van der Waals surface area (Å²) in [5, 5.41) is 11.0. The van der Waals surface area contributed by atoms with Crippen molar-refractivity contribution >= 4 is 11.9 Å². The molecule has 0 aromatic carbocycles. The van der Waals surface area contributed by atoms with Crippen molar-refractivity contribution < 1.29 is 14.7 Å². The second kappa shape index (κ2) is 8.18. The van der Waals surface area contributed by atoms with Crippen LogP contribution in [0.4, 0.5) is 0 Å². The highest BCUT2D eigenvalue weighted by molar-refractivity contribution is 5.82. The number of aliphatic carboxylic acids is 1. The van der Waals surface area contributed by atoms with Crippen LogP contribution in [0.2, 0.25) is 0 Å².